The zero-order valence-corrected chi connectivity index (χ0v) is 8.53. The number of nitrogen functional groups attached to an aromatic ring is 1. The summed E-state index contributed by atoms with van der Waals surface area (Å²) in [6.07, 6.45) is 2.24. The van der Waals surface area contributed by atoms with Gasteiger partial charge in [-0.3, -0.25) is 0 Å². The summed E-state index contributed by atoms with van der Waals surface area (Å²) < 4.78 is 0. The molecule has 2 aromatic carbocycles. The molecule has 2 N–H and O–H groups in total. The second kappa shape index (κ2) is 3.13. The molecule has 0 spiro atoms. The van der Waals surface area contributed by atoms with Crippen molar-refractivity contribution in [2.24, 2.45) is 0 Å². The SMILES string of the molecule is Nc1cccc2c1-c1ccccc1CC2. The van der Waals surface area contributed by atoms with Gasteiger partial charge in [-0.25, -0.2) is 0 Å². The van der Waals surface area contributed by atoms with Crippen LogP contribution >= 0.6 is 0 Å². The molecule has 0 saturated carbocycles. The summed E-state index contributed by atoms with van der Waals surface area (Å²) in [6.45, 7) is 0. The molecule has 15 heavy (non-hydrogen) atoms. The molecule has 0 aromatic heterocycles. The van der Waals surface area contributed by atoms with Gasteiger partial charge in [-0.1, -0.05) is 36.4 Å². The average Bonchev–Trinajstić information content (AvgIpc) is 2.29. The van der Waals surface area contributed by atoms with Crippen molar-refractivity contribution in [1.82, 2.24) is 0 Å². The van der Waals surface area contributed by atoms with Crippen molar-refractivity contribution in [3.05, 3.63) is 53.6 Å². The molecule has 1 aliphatic carbocycles. The summed E-state index contributed by atoms with van der Waals surface area (Å²) >= 11 is 0. The van der Waals surface area contributed by atoms with Gasteiger partial charge in [0.1, 0.15) is 0 Å². The van der Waals surface area contributed by atoms with Gasteiger partial charge in [0.2, 0.25) is 0 Å². The molecule has 0 atom stereocenters. The van der Waals surface area contributed by atoms with Gasteiger partial charge in [0.15, 0.2) is 0 Å². The summed E-state index contributed by atoms with van der Waals surface area (Å²) in [7, 11) is 0. The predicted molar refractivity (Wildman–Crippen MR) is 63.7 cm³/mol. The lowest BCUT2D eigenvalue weighted by Gasteiger charge is -2.21. The summed E-state index contributed by atoms with van der Waals surface area (Å²) in [6, 6.07) is 14.8. The first-order valence-corrected chi connectivity index (χ1v) is 5.32. The molecule has 0 bridgehead atoms. The molecule has 1 aliphatic rings. The van der Waals surface area contributed by atoms with E-state index in [2.05, 4.69) is 30.3 Å². The second-order valence-corrected chi connectivity index (χ2v) is 4.04. The van der Waals surface area contributed by atoms with Crippen LogP contribution in [0.5, 0.6) is 0 Å². The highest BCUT2D eigenvalue weighted by atomic mass is 14.6. The van der Waals surface area contributed by atoms with E-state index in [1.165, 1.54) is 22.3 Å². The number of nitrogens with two attached hydrogens (primary N) is 1. The van der Waals surface area contributed by atoms with Crippen LogP contribution in [0.25, 0.3) is 11.1 Å². The number of benzene rings is 2. The third-order valence-electron chi connectivity index (χ3n) is 3.13. The van der Waals surface area contributed by atoms with Crippen molar-refractivity contribution < 1.29 is 0 Å². The van der Waals surface area contributed by atoms with Gasteiger partial charge in [-0.15, -0.1) is 0 Å². The van der Waals surface area contributed by atoms with Crippen LogP contribution in [0.4, 0.5) is 5.69 Å². The lowest BCUT2D eigenvalue weighted by Crippen LogP contribution is -2.05. The van der Waals surface area contributed by atoms with E-state index in [1.807, 2.05) is 12.1 Å². The Morgan fingerprint density at radius 3 is 2.47 bits per heavy atom. The zero-order valence-electron chi connectivity index (χ0n) is 8.53. The highest BCUT2D eigenvalue weighted by molar-refractivity contribution is 5.82. The summed E-state index contributed by atoms with van der Waals surface area (Å²) in [5.41, 5.74) is 12.3. The minimum atomic E-state index is 0.902. The van der Waals surface area contributed by atoms with Crippen LogP contribution in [-0.2, 0) is 12.8 Å². The van der Waals surface area contributed by atoms with E-state index < -0.39 is 0 Å². The van der Waals surface area contributed by atoms with Gasteiger partial charge in [-0.05, 0) is 35.6 Å². The number of fused-ring (bicyclic) bond motifs is 3. The average molecular weight is 195 g/mol. The van der Waals surface area contributed by atoms with Gasteiger partial charge < -0.3 is 5.73 Å². The smallest absolute Gasteiger partial charge is 0.0396 e. The van der Waals surface area contributed by atoms with Crippen molar-refractivity contribution in [3.63, 3.8) is 0 Å². The Bertz CT molecular complexity index is 514. The van der Waals surface area contributed by atoms with Crippen LogP contribution in [0.1, 0.15) is 11.1 Å². The predicted octanol–water partition coefficient (Wildman–Crippen LogP) is 3.03. The first-order valence-electron chi connectivity index (χ1n) is 5.32. The minimum Gasteiger partial charge on any atom is -0.398 e. The van der Waals surface area contributed by atoms with E-state index in [4.69, 9.17) is 5.73 Å². The maximum atomic E-state index is 6.06. The Balaban J connectivity index is 2.33. The molecule has 0 saturated heterocycles. The molecule has 0 unspecified atom stereocenters. The molecule has 3 rings (SSSR count). The van der Waals surface area contributed by atoms with E-state index in [9.17, 15) is 0 Å². The Hall–Kier alpha value is -1.76. The fourth-order valence-electron chi connectivity index (χ4n) is 2.41. The van der Waals surface area contributed by atoms with Gasteiger partial charge >= 0.3 is 0 Å². The van der Waals surface area contributed by atoms with Crippen molar-refractivity contribution in [2.75, 3.05) is 5.73 Å². The molecular weight excluding hydrogens is 182 g/mol. The fourth-order valence-corrected chi connectivity index (χ4v) is 2.41. The Morgan fingerprint density at radius 1 is 0.800 bits per heavy atom. The topological polar surface area (TPSA) is 26.0 Å². The minimum absolute atomic E-state index is 0.902. The van der Waals surface area contributed by atoms with Crippen LogP contribution in [0.2, 0.25) is 0 Å². The first kappa shape index (κ1) is 8.54. The monoisotopic (exact) mass is 195 g/mol. The number of anilines is 1. The number of rotatable bonds is 0. The third kappa shape index (κ3) is 1.23. The normalized spacial score (nSPS) is 13.1. The molecule has 0 fully saturated rings. The maximum Gasteiger partial charge on any atom is 0.0396 e. The van der Waals surface area contributed by atoms with Crippen molar-refractivity contribution >= 4 is 5.69 Å². The molecule has 1 heteroatoms. The van der Waals surface area contributed by atoms with Gasteiger partial charge in [-0.2, -0.15) is 0 Å². The molecule has 74 valence electrons. The lowest BCUT2D eigenvalue weighted by molar-refractivity contribution is 0.943. The first-order chi connectivity index (χ1) is 7.36. The quantitative estimate of drug-likeness (QED) is 0.642. The van der Waals surface area contributed by atoms with Gasteiger partial charge in [0.25, 0.3) is 0 Å². The van der Waals surface area contributed by atoms with Crippen molar-refractivity contribution in [1.29, 1.82) is 0 Å². The maximum absolute atomic E-state index is 6.06. The van der Waals surface area contributed by atoms with Crippen LogP contribution < -0.4 is 5.73 Å². The highest BCUT2D eigenvalue weighted by Gasteiger charge is 2.16. The summed E-state index contributed by atoms with van der Waals surface area (Å²) in [5.74, 6) is 0. The highest BCUT2D eigenvalue weighted by Crippen LogP contribution is 2.36. The largest absolute Gasteiger partial charge is 0.398 e. The Kier molecular flexibility index (Phi) is 1.78. The summed E-state index contributed by atoms with van der Waals surface area (Å²) in [4.78, 5) is 0. The number of hydrogen-bond acceptors (Lipinski definition) is 1. The molecule has 0 radical (unpaired) electrons. The molecule has 0 amide bonds. The number of aryl methyl sites for hydroxylation is 2. The second-order valence-electron chi connectivity index (χ2n) is 4.04. The Morgan fingerprint density at radius 2 is 1.53 bits per heavy atom. The molecule has 1 nitrogen and oxygen atoms in total. The van der Waals surface area contributed by atoms with E-state index in [-0.39, 0.29) is 0 Å². The standard InChI is InChI=1S/C14H13N/c15-13-7-3-5-11-9-8-10-4-1-2-6-12(10)14(11)13/h1-7H,8-9,15H2. The third-order valence-corrected chi connectivity index (χ3v) is 3.13. The summed E-state index contributed by atoms with van der Waals surface area (Å²) in [5, 5.41) is 0. The van der Waals surface area contributed by atoms with Gasteiger partial charge in [0.05, 0.1) is 0 Å². The van der Waals surface area contributed by atoms with Crippen LogP contribution in [0.3, 0.4) is 0 Å². The van der Waals surface area contributed by atoms with Crippen molar-refractivity contribution in [2.45, 2.75) is 12.8 Å². The Labute approximate surface area is 89.6 Å². The van der Waals surface area contributed by atoms with E-state index in [1.54, 1.807) is 0 Å². The van der Waals surface area contributed by atoms with Gasteiger partial charge in [0, 0.05) is 11.3 Å². The lowest BCUT2D eigenvalue weighted by atomic mass is 9.85. The van der Waals surface area contributed by atoms with E-state index in [0.29, 0.717) is 0 Å². The van der Waals surface area contributed by atoms with E-state index in [0.717, 1.165) is 18.5 Å². The molecular formula is C14H13N. The van der Waals surface area contributed by atoms with Crippen LogP contribution in [0.15, 0.2) is 42.5 Å². The van der Waals surface area contributed by atoms with E-state index >= 15 is 0 Å². The molecule has 2 aromatic rings. The van der Waals surface area contributed by atoms with Crippen molar-refractivity contribution in [3.8, 4) is 11.1 Å². The fraction of sp³-hybridized carbons (Fsp3) is 0.143. The molecule has 0 aliphatic heterocycles. The molecule has 0 heterocycles. The van der Waals surface area contributed by atoms with Crippen LogP contribution in [-0.4, -0.2) is 0 Å². The zero-order chi connectivity index (χ0) is 10.3. The van der Waals surface area contributed by atoms with Crippen LogP contribution in [0, 0.1) is 0 Å². The number of hydrogen-bond donors (Lipinski definition) is 1.